The third-order valence-electron chi connectivity index (χ3n) is 3.14. The summed E-state index contributed by atoms with van der Waals surface area (Å²) in [4.78, 5) is 14.4. The minimum absolute atomic E-state index is 0.000836. The summed E-state index contributed by atoms with van der Waals surface area (Å²) in [5.74, 6) is 0.744. The lowest BCUT2D eigenvalue weighted by Gasteiger charge is -2.22. The van der Waals surface area contributed by atoms with Gasteiger partial charge in [0.2, 0.25) is 0 Å². The molecule has 0 aliphatic heterocycles. The lowest BCUT2D eigenvalue weighted by atomic mass is 10.1. The largest absolute Gasteiger partial charge is 0.497 e. The van der Waals surface area contributed by atoms with E-state index in [1.165, 1.54) is 0 Å². The van der Waals surface area contributed by atoms with Crippen LogP contribution < -0.4 is 4.74 Å². The van der Waals surface area contributed by atoms with Crippen LogP contribution in [0.1, 0.15) is 15.9 Å². The molecule has 0 saturated carbocycles. The Morgan fingerprint density at radius 3 is 2.52 bits per heavy atom. The van der Waals surface area contributed by atoms with Crippen LogP contribution in [0.2, 0.25) is 0 Å². The molecular formula is C16H19NO3S. The maximum Gasteiger partial charge on any atom is 0.254 e. The molecule has 0 N–H and O–H groups in total. The first-order valence-corrected chi connectivity index (χ1v) is 7.62. The van der Waals surface area contributed by atoms with Crippen LogP contribution in [-0.2, 0) is 11.3 Å². The zero-order chi connectivity index (χ0) is 15.1. The van der Waals surface area contributed by atoms with Gasteiger partial charge in [0.25, 0.3) is 5.91 Å². The van der Waals surface area contributed by atoms with Gasteiger partial charge in [0.1, 0.15) is 5.75 Å². The Labute approximate surface area is 128 Å². The number of carbonyl (C=O) groups is 1. The summed E-state index contributed by atoms with van der Waals surface area (Å²) < 4.78 is 10.2. The van der Waals surface area contributed by atoms with Crippen molar-refractivity contribution in [2.24, 2.45) is 0 Å². The normalized spacial score (nSPS) is 10.4. The van der Waals surface area contributed by atoms with Crippen molar-refractivity contribution >= 4 is 17.2 Å². The van der Waals surface area contributed by atoms with Gasteiger partial charge in [-0.2, -0.15) is 11.3 Å². The van der Waals surface area contributed by atoms with E-state index in [0.717, 1.165) is 11.3 Å². The van der Waals surface area contributed by atoms with Crippen LogP contribution in [0.3, 0.4) is 0 Å². The second-order valence-corrected chi connectivity index (χ2v) is 5.36. The van der Waals surface area contributed by atoms with Crippen molar-refractivity contribution in [2.75, 3.05) is 27.4 Å². The molecule has 1 heterocycles. The first-order valence-electron chi connectivity index (χ1n) is 6.68. The number of benzene rings is 1. The van der Waals surface area contributed by atoms with Gasteiger partial charge in [-0.05, 0) is 46.7 Å². The highest BCUT2D eigenvalue weighted by Crippen LogP contribution is 2.15. The van der Waals surface area contributed by atoms with Crippen LogP contribution in [0.15, 0.2) is 41.1 Å². The number of nitrogens with zero attached hydrogens (tertiary/aromatic N) is 1. The number of hydrogen-bond acceptors (Lipinski definition) is 4. The van der Waals surface area contributed by atoms with Crippen LogP contribution in [0, 0.1) is 0 Å². The van der Waals surface area contributed by atoms with E-state index in [-0.39, 0.29) is 5.91 Å². The molecule has 2 aromatic rings. The van der Waals surface area contributed by atoms with E-state index in [9.17, 15) is 4.79 Å². The molecule has 1 aromatic carbocycles. The zero-order valence-electron chi connectivity index (χ0n) is 12.2. The molecule has 0 radical (unpaired) electrons. The van der Waals surface area contributed by atoms with Gasteiger partial charge in [0, 0.05) is 25.8 Å². The Kier molecular flexibility index (Phi) is 5.78. The second-order valence-electron chi connectivity index (χ2n) is 4.58. The molecule has 0 bridgehead atoms. The molecule has 21 heavy (non-hydrogen) atoms. The highest BCUT2D eigenvalue weighted by molar-refractivity contribution is 7.07. The Hall–Kier alpha value is -1.85. The monoisotopic (exact) mass is 305 g/mol. The smallest absolute Gasteiger partial charge is 0.254 e. The molecule has 2 rings (SSSR count). The number of amides is 1. The minimum atomic E-state index is 0.000836. The van der Waals surface area contributed by atoms with Gasteiger partial charge in [-0.15, -0.1) is 0 Å². The fourth-order valence-electron chi connectivity index (χ4n) is 1.97. The van der Waals surface area contributed by atoms with Gasteiger partial charge in [0.05, 0.1) is 13.7 Å². The molecular weight excluding hydrogens is 286 g/mol. The minimum Gasteiger partial charge on any atom is -0.497 e. The first-order chi connectivity index (χ1) is 10.2. The quantitative estimate of drug-likeness (QED) is 0.789. The van der Waals surface area contributed by atoms with Gasteiger partial charge in [-0.25, -0.2) is 0 Å². The fourth-order valence-corrected chi connectivity index (χ4v) is 2.63. The van der Waals surface area contributed by atoms with Crippen LogP contribution in [0.5, 0.6) is 5.75 Å². The third-order valence-corrected chi connectivity index (χ3v) is 3.88. The van der Waals surface area contributed by atoms with Crippen molar-refractivity contribution in [3.05, 3.63) is 52.2 Å². The lowest BCUT2D eigenvalue weighted by Crippen LogP contribution is -2.33. The van der Waals surface area contributed by atoms with Gasteiger partial charge in [-0.3, -0.25) is 4.79 Å². The fraction of sp³-hybridized carbons (Fsp3) is 0.312. The summed E-state index contributed by atoms with van der Waals surface area (Å²) in [5, 5.41) is 4.07. The molecule has 112 valence electrons. The zero-order valence-corrected chi connectivity index (χ0v) is 13.1. The molecule has 0 atom stereocenters. The van der Waals surface area contributed by atoms with Crippen LogP contribution in [0.25, 0.3) is 0 Å². The predicted molar refractivity (Wildman–Crippen MR) is 83.9 cm³/mol. The average molecular weight is 305 g/mol. The average Bonchev–Trinajstić information content (AvgIpc) is 3.04. The van der Waals surface area contributed by atoms with Crippen molar-refractivity contribution in [1.29, 1.82) is 0 Å². The number of ether oxygens (including phenoxy) is 2. The highest BCUT2D eigenvalue weighted by atomic mass is 32.1. The van der Waals surface area contributed by atoms with Crippen molar-refractivity contribution in [3.63, 3.8) is 0 Å². The lowest BCUT2D eigenvalue weighted by molar-refractivity contribution is 0.0680. The first kappa shape index (κ1) is 15.5. The molecule has 4 nitrogen and oxygen atoms in total. The van der Waals surface area contributed by atoms with Crippen molar-refractivity contribution in [1.82, 2.24) is 4.90 Å². The maximum atomic E-state index is 12.6. The van der Waals surface area contributed by atoms with E-state index in [4.69, 9.17) is 9.47 Å². The number of methoxy groups -OCH3 is 2. The van der Waals surface area contributed by atoms with E-state index >= 15 is 0 Å². The van der Waals surface area contributed by atoms with Gasteiger partial charge in [-0.1, -0.05) is 0 Å². The molecule has 5 heteroatoms. The molecule has 0 aliphatic carbocycles. The summed E-state index contributed by atoms with van der Waals surface area (Å²) in [6.07, 6.45) is 0. The van der Waals surface area contributed by atoms with E-state index in [0.29, 0.717) is 25.3 Å². The standard InChI is InChI=1S/C16H19NO3S/c1-19-9-8-17(11-13-7-10-21-12-13)16(18)14-3-5-15(20-2)6-4-14/h3-7,10,12H,8-9,11H2,1-2H3. The number of thiophene rings is 1. The van der Waals surface area contributed by atoms with Crippen LogP contribution >= 0.6 is 11.3 Å². The Bertz CT molecular complexity index is 551. The van der Waals surface area contributed by atoms with Gasteiger partial charge >= 0.3 is 0 Å². The van der Waals surface area contributed by atoms with E-state index < -0.39 is 0 Å². The predicted octanol–water partition coefficient (Wildman–Crippen LogP) is 3.05. The second kappa shape index (κ2) is 7.81. The van der Waals surface area contributed by atoms with Crippen LogP contribution in [0.4, 0.5) is 0 Å². The molecule has 0 unspecified atom stereocenters. The van der Waals surface area contributed by atoms with Crippen LogP contribution in [-0.4, -0.2) is 38.2 Å². The Balaban J connectivity index is 2.11. The Morgan fingerprint density at radius 1 is 1.19 bits per heavy atom. The van der Waals surface area contributed by atoms with Gasteiger partial charge < -0.3 is 14.4 Å². The molecule has 1 amide bonds. The maximum absolute atomic E-state index is 12.6. The summed E-state index contributed by atoms with van der Waals surface area (Å²) >= 11 is 1.63. The summed E-state index contributed by atoms with van der Waals surface area (Å²) in [7, 11) is 3.25. The molecule has 0 saturated heterocycles. The van der Waals surface area contributed by atoms with Crippen molar-refractivity contribution in [3.8, 4) is 5.75 Å². The number of carbonyl (C=O) groups excluding carboxylic acids is 1. The summed E-state index contributed by atoms with van der Waals surface area (Å²) in [6, 6.07) is 9.20. The third kappa shape index (κ3) is 4.31. The number of rotatable bonds is 7. The van der Waals surface area contributed by atoms with Gasteiger partial charge in [0.15, 0.2) is 0 Å². The SMILES string of the molecule is COCCN(Cc1ccsc1)C(=O)c1ccc(OC)cc1. The molecule has 0 fully saturated rings. The molecule has 1 aromatic heterocycles. The van der Waals surface area contributed by atoms with Crippen molar-refractivity contribution < 1.29 is 14.3 Å². The Morgan fingerprint density at radius 2 is 1.95 bits per heavy atom. The van der Waals surface area contributed by atoms with E-state index in [1.54, 1.807) is 54.7 Å². The number of hydrogen-bond donors (Lipinski definition) is 0. The highest BCUT2D eigenvalue weighted by Gasteiger charge is 2.16. The molecule has 0 spiro atoms. The van der Waals surface area contributed by atoms with E-state index in [1.807, 2.05) is 11.4 Å². The van der Waals surface area contributed by atoms with E-state index in [2.05, 4.69) is 5.38 Å². The topological polar surface area (TPSA) is 38.8 Å². The summed E-state index contributed by atoms with van der Waals surface area (Å²) in [5.41, 5.74) is 1.79. The molecule has 0 aliphatic rings. The van der Waals surface area contributed by atoms with Crippen molar-refractivity contribution in [2.45, 2.75) is 6.54 Å². The summed E-state index contributed by atoms with van der Waals surface area (Å²) in [6.45, 7) is 1.68.